The zero-order valence-electron chi connectivity index (χ0n) is 16.0. The van der Waals surface area contributed by atoms with Crippen LogP contribution in [0.2, 0.25) is 0 Å². The van der Waals surface area contributed by atoms with Crippen molar-refractivity contribution in [2.45, 2.75) is 49.0 Å². The molecule has 0 aliphatic carbocycles. The van der Waals surface area contributed by atoms with Crippen LogP contribution in [0.25, 0.3) is 0 Å². The summed E-state index contributed by atoms with van der Waals surface area (Å²) in [6, 6.07) is 9.13. The number of para-hydroxylation sites is 1. The summed E-state index contributed by atoms with van der Waals surface area (Å²) in [5, 5.41) is 12.9. The first-order valence-electron chi connectivity index (χ1n) is 10.0. The molecule has 0 unspecified atom stereocenters. The highest BCUT2D eigenvalue weighted by Crippen LogP contribution is 2.54. The van der Waals surface area contributed by atoms with Crippen LogP contribution in [-0.4, -0.2) is 34.2 Å². The normalized spacial score (nSPS) is 25.9. The van der Waals surface area contributed by atoms with E-state index in [1.165, 1.54) is 12.8 Å². The molecule has 2 aliphatic rings. The van der Waals surface area contributed by atoms with E-state index in [0.717, 1.165) is 25.1 Å². The number of fused-ring (bicyclic) bond motifs is 2. The van der Waals surface area contributed by atoms with E-state index in [4.69, 9.17) is 5.11 Å². The largest absolute Gasteiger partial charge is 0.481 e. The van der Waals surface area contributed by atoms with Gasteiger partial charge in [-0.1, -0.05) is 30.4 Å². The molecule has 3 rings (SSSR count). The van der Waals surface area contributed by atoms with Gasteiger partial charge in [0.2, 0.25) is 0 Å². The first-order chi connectivity index (χ1) is 13.6. The van der Waals surface area contributed by atoms with E-state index < -0.39 is 5.97 Å². The Morgan fingerprint density at radius 3 is 2.61 bits per heavy atom. The Balaban J connectivity index is 1.40. The summed E-state index contributed by atoms with van der Waals surface area (Å²) in [6.07, 6.45) is 9.67. The quantitative estimate of drug-likeness (QED) is 0.269. The van der Waals surface area contributed by atoms with Crippen LogP contribution in [0.5, 0.6) is 0 Å². The first kappa shape index (κ1) is 20.7. The van der Waals surface area contributed by atoms with Crippen LogP contribution in [0.4, 0.5) is 10.5 Å². The van der Waals surface area contributed by atoms with E-state index in [0.29, 0.717) is 28.8 Å². The minimum Gasteiger partial charge on any atom is -0.481 e. The number of unbranched alkanes of at least 4 members (excludes halogenated alkanes) is 1. The summed E-state index contributed by atoms with van der Waals surface area (Å²) in [5.74, 6) is 0.434. The van der Waals surface area contributed by atoms with Crippen molar-refractivity contribution in [3.8, 4) is 0 Å². The molecule has 1 aromatic carbocycles. The second-order valence-electron chi connectivity index (χ2n) is 7.44. The lowest BCUT2D eigenvalue weighted by atomic mass is 9.77. The minimum absolute atomic E-state index is 0.234. The SMILES string of the molecule is O=C(O)CCC/C=C\C[C@H]1[C@@H](CNNC(=O)Nc2ccccc2)[C@H]2CC[C@@H]1S2. The second-order valence-corrected chi connectivity index (χ2v) is 8.92. The van der Waals surface area contributed by atoms with Crippen molar-refractivity contribution in [1.82, 2.24) is 10.9 Å². The van der Waals surface area contributed by atoms with Crippen molar-refractivity contribution in [3.63, 3.8) is 0 Å². The van der Waals surface area contributed by atoms with Gasteiger partial charge in [0.15, 0.2) is 0 Å². The number of aliphatic carboxylic acids is 1. The standard InChI is InChI=1S/C21H29N3O3S/c25-20(26)11-7-2-1-6-10-16-17(19-13-12-18(16)28-19)14-22-24-21(27)23-15-8-4-3-5-9-15/h1,3-6,8-9,16-19,22H,2,7,10-14H2,(H,25,26)(H2,23,24,27)/b6-1-/t16-,17+,18-,19+/m0/s1. The fourth-order valence-electron chi connectivity index (χ4n) is 4.16. The number of rotatable bonds is 10. The Labute approximate surface area is 170 Å². The number of hydrogen-bond donors (Lipinski definition) is 4. The molecule has 6 nitrogen and oxygen atoms in total. The fraction of sp³-hybridized carbons (Fsp3) is 0.524. The van der Waals surface area contributed by atoms with Crippen LogP contribution in [0.3, 0.4) is 0 Å². The number of hydrogen-bond acceptors (Lipinski definition) is 4. The van der Waals surface area contributed by atoms with Crippen LogP contribution in [0, 0.1) is 11.8 Å². The number of amides is 2. The monoisotopic (exact) mass is 403 g/mol. The molecule has 0 aromatic heterocycles. The average molecular weight is 404 g/mol. The number of nitrogens with one attached hydrogen (secondary N) is 3. The van der Waals surface area contributed by atoms with Crippen molar-refractivity contribution in [2.24, 2.45) is 11.8 Å². The smallest absolute Gasteiger partial charge is 0.333 e. The summed E-state index contributed by atoms with van der Waals surface area (Å²) in [4.78, 5) is 22.6. The van der Waals surface area contributed by atoms with E-state index in [-0.39, 0.29) is 12.5 Å². The van der Waals surface area contributed by atoms with E-state index in [1.807, 2.05) is 30.3 Å². The predicted molar refractivity (Wildman–Crippen MR) is 113 cm³/mol. The molecule has 28 heavy (non-hydrogen) atoms. The van der Waals surface area contributed by atoms with E-state index in [9.17, 15) is 9.59 Å². The zero-order chi connectivity index (χ0) is 19.8. The van der Waals surface area contributed by atoms with Crippen LogP contribution in [0.15, 0.2) is 42.5 Å². The van der Waals surface area contributed by atoms with Crippen molar-refractivity contribution in [2.75, 3.05) is 11.9 Å². The van der Waals surface area contributed by atoms with Gasteiger partial charge in [-0.15, -0.1) is 0 Å². The molecule has 4 N–H and O–H groups in total. The number of carbonyl (C=O) groups excluding carboxylic acids is 1. The van der Waals surface area contributed by atoms with E-state index >= 15 is 0 Å². The van der Waals surface area contributed by atoms with Crippen molar-refractivity contribution >= 4 is 29.4 Å². The first-order valence-corrected chi connectivity index (χ1v) is 10.9. The van der Waals surface area contributed by atoms with Crippen molar-refractivity contribution in [3.05, 3.63) is 42.5 Å². The van der Waals surface area contributed by atoms with Crippen LogP contribution in [-0.2, 0) is 4.79 Å². The Hall–Kier alpha value is -1.99. The van der Waals surface area contributed by atoms with Crippen LogP contribution < -0.4 is 16.2 Å². The Kier molecular flexibility index (Phi) is 7.80. The van der Waals surface area contributed by atoms with Gasteiger partial charge < -0.3 is 10.4 Å². The lowest BCUT2D eigenvalue weighted by Gasteiger charge is -2.29. The molecule has 4 atom stereocenters. The lowest BCUT2D eigenvalue weighted by Crippen LogP contribution is -2.45. The van der Waals surface area contributed by atoms with E-state index in [1.54, 1.807) is 0 Å². The van der Waals surface area contributed by atoms with E-state index in [2.05, 4.69) is 40.1 Å². The maximum Gasteiger partial charge on any atom is 0.333 e. The number of carbonyl (C=O) groups is 2. The average Bonchev–Trinajstić information content (AvgIpc) is 3.27. The van der Waals surface area contributed by atoms with Crippen LogP contribution >= 0.6 is 11.8 Å². The molecular formula is C21H29N3O3S. The molecule has 1 aromatic rings. The van der Waals surface area contributed by atoms with Gasteiger partial charge in [0.1, 0.15) is 0 Å². The molecule has 152 valence electrons. The number of hydrazine groups is 1. The number of carboxylic acid groups (broad SMARTS) is 1. The highest BCUT2D eigenvalue weighted by molar-refractivity contribution is 8.01. The number of thioether (sulfide) groups is 1. The summed E-state index contributed by atoms with van der Waals surface area (Å²) in [7, 11) is 0. The molecule has 7 heteroatoms. The maximum absolute atomic E-state index is 12.0. The molecule has 2 amide bonds. The minimum atomic E-state index is -0.729. The summed E-state index contributed by atoms with van der Waals surface area (Å²) < 4.78 is 0. The Morgan fingerprint density at radius 1 is 1.11 bits per heavy atom. The third-order valence-electron chi connectivity index (χ3n) is 5.50. The van der Waals surface area contributed by atoms with Gasteiger partial charge in [0, 0.05) is 29.2 Å². The zero-order valence-corrected chi connectivity index (χ0v) is 16.8. The third-order valence-corrected chi connectivity index (χ3v) is 7.37. The Morgan fingerprint density at radius 2 is 1.86 bits per heavy atom. The molecule has 2 bridgehead atoms. The number of urea groups is 1. The van der Waals surface area contributed by atoms with Crippen molar-refractivity contribution < 1.29 is 14.7 Å². The Bertz CT molecular complexity index is 683. The van der Waals surface area contributed by atoms with Crippen molar-refractivity contribution in [1.29, 1.82) is 0 Å². The highest BCUT2D eigenvalue weighted by Gasteiger charge is 2.47. The van der Waals surface area contributed by atoms with Gasteiger partial charge in [-0.3, -0.25) is 10.2 Å². The summed E-state index contributed by atoms with van der Waals surface area (Å²) in [6.45, 7) is 0.772. The maximum atomic E-state index is 12.0. The number of carboxylic acids is 1. The van der Waals surface area contributed by atoms with Gasteiger partial charge in [0.25, 0.3) is 0 Å². The summed E-state index contributed by atoms with van der Waals surface area (Å²) in [5.41, 5.74) is 6.64. The molecule has 2 heterocycles. The lowest BCUT2D eigenvalue weighted by molar-refractivity contribution is -0.137. The fourth-order valence-corrected chi connectivity index (χ4v) is 6.16. The molecule has 2 saturated heterocycles. The van der Waals surface area contributed by atoms with Gasteiger partial charge in [-0.25, -0.2) is 10.2 Å². The second kappa shape index (κ2) is 10.5. The molecule has 2 aliphatic heterocycles. The van der Waals surface area contributed by atoms with Gasteiger partial charge in [0.05, 0.1) is 0 Å². The third kappa shape index (κ3) is 6.01. The predicted octanol–water partition coefficient (Wildman–Crippen LogP) is 4.02. The molecule has 2 fully saturated rings. The van der Waals surface area contributed by atoms with Crippen LogP contribution in [0.1, 0.15) is 38.5 Å². The summed E-state index contributed by atoms with van der Waals surface area (Å²) >= 11 is 2.10. The molecule has 0 spiro atoms. The number of benzene rings is 1. The topological polar surface area (TPSA) is 90.5 Å². The molecular weight excluding hydrogens is 374 g/mol. The van der Waals surface area contributed by atoms with Gasteiger partial charge in [-0.05, 0) is 56.1 Å². The number of allylic oxidation sites excluding steroid dienone is 2. The number of anilines is 1. The molecule has 0 saturated carbocycles. The highest BCUT2D eigenvalue weighted by atomic mass is 32.2. The van der Waals surface area contributed by atoms with Gasteiger partial charge in [-0.2, -0.15) is 11.8 Å². The van der Waals surface area contributed by atoms with Gasteiger partial charge >= 0.3 is 12.0 Å². The molecule has 0 radical (unpaired) electrons.